The Morgan fingerprint density at radius 1 is 0.976 bits per heavy atom. The molecule has 0 spiro atoms. The molecule has 1 aromatic rings. The Morgan fingerprint density at radius 3 is 2.26 bits per heavy atom. The molecule has 4 aliphatic heterocycles. The Kier molecular flexibility index (Phi) is 8.40. The number of hydrogen-bond acceptors (Lipinski definition) is 6. The number of carbonyl (C=O) groups excluding carboxylic acids is 4. The zero-order valence-electron chi connectivity index (χ0n) is 25.6. The number of likely N-dealkylation sites (tertiary alicyclic amines) is 2. The van der Waals surface area contributed by atoms with Gasteiger partial charge in [-0.25, -0.2) is 9.18 Å². The lowest BCUT2D eigenvalue weighted by atomic mass is 9.73. The molecule has 230 valence electrons. The van der Waals surface area contributed by atoms with Gasteiger partial charge in [0.2, 0.25) is 11.8 Å². The second-order valence-electron chi connectivity index (χ2n) is 14.2. The van der Waals surface area contributed by atoms with E-state index in [2.05, 4.69) is 24.1 Å². The zero-order chi connectivity index (χ0) is 30.4. The molecule has 1 aromatic carbocycles. The van der Waals surface area contributed by atoms with Gasteiger partial charge in [-0.05, 0) is 100 Å². The van der Waals surface area contributed by atoms with Gasteiger partial charge in [-0.2, -0.15) is 0 Å². The largest absolute Gasteiger partial charge is 0.444 e. The van der Waals surface area contributed by atoms with Gasteiger partial charge in [-0.3, -0.25) is 19.7 Å². The Hall–Kier alpha value is -3.01. The van der Waals surface area contributed by atoms with Crippen LogP contribution in [-0.4, -0.2) is 82.9 Å². The number of rotatable bonds is 5. The quantitative estimate of drug-likeness (QED) is 0.514. The molecule has 3 saturated heterocycles. The molecule has 0 aliphatic carbocycles. The van der Waals surface area contributed by atoms with Gasteiger partial charge in [0.1, 0.15) is 17.5 Å². The number of carbonyl (C=O) groups is 4. The summed E-state index contributed by atoms with van der Waals surface area (Å²) >= 11 is 0. The van der Waals surface area contributed by atoms with Crippen LogP contribution in [0.15, 0.2) is 12.1 Å². The summed E-state index contributed by atoms with van der Waals surface area (Å²) in [5.41, 5.74) is 1.32. The number of nitrogens with one attached hydrogen (secondary N) is 1. The van der Waals surface area contributed by atoms with Crippen LogP contribution < -0.4 is 5.32 Å². The molecule has 4 heterocycles. The van der Waals surface area contributed by atoms with Crippen molar-refractivity contribution in [2.75, 3.05) is 32.7 Å². The second-order valence-corrected chi connectivity index (χ2v) is 14.2. The third kappa shape index (κ3) is 6.48. The van der Waals surface area contributed by atoms with Crippen molar-refractivity contribution >= 4 is 23.8 Å². The van der Waals surface area contributed by atoms with Crippen LogP contribution in [0.3, 0.4) is 0 Å². The minimum Gasteiger partial charge on any atom is -0.444 e. The summed E-state index contributed by atoms with van der Waals surface area (Å²) < 4.78 is 20.9. The minimum absolute atomic E-state index is 0.0754. The van der Waals surface area contributed by atoms with E-state index >= 15 is 4.39 Å². The number of benzene rings is 1. The van der Waals surface area contributed by atoms with E-state index in [1.807, 2.05) is 31.7 Å². The molecule has 1 N–H and O–H groups in total. The first-order valence-corrected chi connectivity index (χ1v) is 15.4. The lowest BCUT2D eigenvalue weighted by Crippen LogP contribution is -2.52. The van der Waals surface area contributed by atoms with Crippen LogP contribution in [0.2, 0.25) is 0 Å². The lowest BCUT2D eigenvalue weighted by Gasteiger charge is -2.44. The normalized spacial score (nSPS) is 23.3. The predicted molar refractivity (Wildman–Crippen MR) is 155 cm³/mol. The molecule has 4 amide bonds. The molecule has 5 rings (SSSR count). The van der Waals surface area contributed by atoms with E-state index in [4.69, 9.17) is 4.74 Å². The van der Waals surface area contributed by atoms with Crippen molar-refractivity contribution < 1.29 is 28.3 Å². The first-order valence-electron chi connectivity index (χ1n) is 15.4. The van der Waals surface area contributed by atoms with Crippen molar-refractivity contribution in [1.82, 2.24) is 20.0 Å². The standard InChI is InChI=1S/C32H45FN4O5/c1-31(2,3)42-30(41)36-14-10-22(11-15-36)32(4,5)19-35-12-8-20(9-13-35)23-16-21-18-37(29(40)24(21)17-25(23)33)26-6-7-27(38)34-28(26)39/h16-17,20,22,26H,6-15,18-19H2,1-5H3,(H,34,38,39). The molecule has 10 heteroatoms. The maximum atomic E-state index is 15.3. The van der Waals surface area contributed by atoms with Crippen molar-refractivity contribution in [3.63, 3.8) is 0 Å². The third-order valence-electron chi connectivity index (χ3n) is 9.55. The van der Waals surface area contributed by atoms with E-state index in [0.717, 1.165) is 50.9 Å². The molecule has 0 aromatic heterocycles. The molecule has 1 atom stereocenters. The average molecular weight is 585 g/mol. The first-order chi connectivity index (χ1) is 19.7. The number of hydrogen-bond donors (Lipinski definition) is 1. The van der Waals surface area contributed by atoms with Gasteiger partial charge in [0.15, 0.2) is 0 Å². The highest BCUT2D eigenvalue weighted by Gasteiger charge is 2.41. The van der Waals surface area contributed by atoms with Gasteiger partial charge in [0.05, 0.1) is 0 Å². The average Bonchev–Trinajstić information content (AvgIpc) is 3.22. The monoisotopic (exact) mass is 584 g/mol. The number of nitrogens with zero attached hydrogens (tertiary/aromatic N) is 3. The summed E-state index contributed by atoms with van der Waals surface area (Å²) in [5, 5.41) is 2.31. The Morgan fingerprint density at radius 2 is 1.64 bits per heavy atom. The molecule has 0 saturated carbocycles. The summed E-state index contributed by atoms with van der Waals surface area (Å²) in [7, 11) is 0. The van der Waals surface area contributed by atoms with Gasteiger partial charge in [0.25, 0.3) is 5.91 Å². The second kappa shape index (κ2) is 11.6. The number of imide groups is 1. The van der Waals surface area contributed by atoms with Crippen molar-refractivity contribution in [2.45, 2.75) is 97.2 Å². The highest BCUT2D eigenvalue weighted by atomic mass is 19.1. The summed E-state index contributed by atoms with van der Waals surface area (Å²) in [5.74, 6) is -0.912. The van der Waals surface area contributed by atoms with Crippen molar-refractivity contribution in [3.8, 4) is 0 Å². The maximum absolute atomic E-state index is 15.3. The number of piperidine rings is 3. The Balaban J connectivity index is 1.15. The van der Waals surface area contributed by atoms with E-state index in [9.17, 15) is 19.2 Å². The Bertz CT molecular complexity index is 1240. The van der Waals surface area contributed by atoms with E-state index in [1.54, 1.807) is 0 Å². The molecular weight excluding hydrogens is 539 g/mol. The van der Waals surface area contributed by atoms with E-state index < -0.39 is 17.6 Å². The van der Waals surface area contributed by atoms with Gasteiger partial charge < -0.3 is 19.4 Å². The number of halogens is 1. The number of fused-ring (bicyclic) bond motifs is 1. The van der Waals surface area contributed by atoms with E-state index in [-0.39, 0.29) is 54.4 Å². The van der Waals surface area contributed by atoms with Crippen LogP contribution in [0, 0.1) is 17.2 Å². The van der Waals surface area contributed by atoms with Crippen molar-refractivity contribution in [3.05, 3.63) is 34.6 Å². The van der Waals surface area contributed by atoms with Gasteiger partial charge in [0, 0.05) is 38.2 Å². The number of amides is 4. The third-order valence-corrected chi connectivity index (χ3v) is 9.55. The van der Waals surface area contributed by atoms with Crippen molar-refractivity contribution in [2.24, 2.45) is 11.3 Å². The summed E-state index contributed by atoms with van der Waals surface area (Å²) in [6, 6.07) is 2.47. The summed E-state index contributed by atoms with van der Waals surface area (Å²) in [4.78, 5) is 55.2. The van der Waals surface area contributed by atoms with Crippen LogP contribution in [-0.2, 0) is 20.9 Å². The topological polar surface area (TPSA) is 99.3 Å². The fraction of sp³-hybridized carbons (Fsp3) is 0.688. The summed E-state index contributed by atoms with van der Waals surface area (Å²) in [6.07, 6.45) is 3.85. The lowest BCUT2D eigenvalue weighted by molar-refractivity contribution is -0.136. The van der Waals surface area contributed by atoms with Crippen LogP contribution in [0.4, 0.5) is 9.18 Å². The molecule has 1 unspecified atom stereocenters. The zero-order valence-corrected chi connectivity index (χ0v) is 25.6. The van der Waals surface area contributed by atoms with Crippen molar-refractivity contribution in [1.29, 1.82) is 0 Å². The Labute approximate surface area is 248 Å². The smallest absolute Gasteiger partial charge is 0.410 e. The highest BCUT2D eigenvalue weighted by Crippen LogP contribution is 2.39. The molecule has 9 nitrogen and oxygen atoms in total. The van der Waals surface area contributed by atoms with Crippen LogP contribution in [0.5, 0.6) is 0 Å². The number of ether oxygens (including phenoxy) is 1. The molecule has 4 aliphatic rings. The molecule has 3 fully saturated rings. The fourth-order valence-electron chi connectivity index (χ4n) is 7.20. The van der Waals surface area contributed by atoms with E-state index in [0.29, 0.717) is 30.1 Å². The maximum Gasteiger partial charge on any atom is 0.410 e. The first kappa shape index (κ1) is 30.4. The van der Waals surface area contributed by atoms with Gasteiger partial charge in [-0.1, -0.05) is 19.9 Å². The van der Waals surface area contributed by atoms with Crippen LogP contribution >= 0.6 is 0 Å². The molecule has 0 radical (unpaired) electrons. The van der Waals surface area contributed by atoms with Crippen LogP contribution in [0.25, 0.3) is 0 Å². The SMILES string of the molecule is CC(C)(C)OC(=O)N1CCC(C(C)(C)CN2CCC(c3cc4c(cc3F)C(=O)N(C3CCC(=O)NC3=O)C4)CC2)CC1. The highest BCUT2D eigenvalue weighted by molar-refractivity contribution is 6.05. The molecular formula is C32H45FN4O5. The molecule has 0 bridgehead atoms. The fourth-order valence-corrected chi connectivity index (χ4v) is 7.20. The minimum atomic E-state index is -0.703. The van der Waals surface area contributed by atoms with E-state index in [1.165, 1.54) is 11.0 Å². The van der Waals surface area contributed by atoms with Gasteiger partial charge >= 0.3 is 6.09 Å². The summed E-state index contributed by atoms with van der Waals surface area (Å²) in [6.45, 7) is 14.7. The predicted octanol–water partition coefficient (Wildman–Crippen LogP) is 4.44. The molecule has 42 heavy (non-hydrogen) atoms. The van der Waals surface area contributed by atoms with Gasteiger partial charge in [-0.15, -0.1) is 0 Å². The van der Waals surface area contributed by atoms with Crippen LogP contribution in [0.1, 0.15) is 101 Å².